The van der Waals surface area contributed by atoms with Crippen LogP contribution in [0.1, 0.15) is 44.6 Å². The van der Waals surface area contributed by atoms with E-state index < -0.39 is 0 Å². The lowest BCUT2D eigenvalue weighted by molar-refractivity contribution is 0.301. The molecule has 1 aliphatic carbocycles. The molecule has 0 saturated heterocycles. The zero-order valence-corrected chi connectivity index (χ0v) is 12.0. The van der Waals surface area contributed by atoms with Crippen LogP contribution in [0.5, 0.6) is 0 Å². The van der Waals surface area contributed by atoms with Crippen molar-refractivity contribution in [1.82, 2.24) is 0 Å². The highest BCUT2D eigenvalue weighted by Gasteiger charge is 2.28. The summed E-state index contributed by atoms with van der Waals surface area (Å²) in [4.78, 5) is 2.62. The summed E-state index contributed by atoms with van der Waals surface area (Å²) in [5, 5.41) is 0. The first-order chi connectivity index (χ1) is 9.25. The molecule has 3 unspecified atom stereocenters. The molecule has 0 aromatic heterocycles. The minimum absolute atomic E-state index is 0.412. The second-order valence-corrected chi connectivity index (χ2v) is 6.38. The normalized spacial score (nSPS) is 31.1. The lowest BCUT2D eigenvalue weighted by atomic mass is 9.83. The Bertz CT molecular complexity index is 429. The molecule has 0 spiro atoms. The number of hydrogen-bond acceptors (Lipinski definition) is 2. The molecule has 3 rings (SSSR count). The predicted octanol–water partition coefficient (Wildman–Crippen LogP) is 3.35. The molecule has 0 amide bonds. The van der Waals surface area contributed by atoms with Crippen LogP contribution in [0, 0.1) is 5.92 Å². The van der Waals surface area contributed by atoms with Crippen molar-refractivity contribution in [3.8, 4) is 0 Å². The Kier molecular flexibility index (Phi) is 3.79. The van der Waals surface area contributed by atoms with Crippen LogP contribution in [0.4, 0.5) is 5.69 Å². The Morgan fingerprint density at radius 2 is 1.95 bits per heavy atom. The van der Waals surface area contributed by atoms with Crippen LogP contribution in [0.3, 0.4) is 0 Å². The SMILES string of the molecule is CC1CCc2ccccc2N1CC1CCCCC1N. The molecule has 2 heteroatoms. The van der Waals surface area contributed by atoms with Gasteiger partial charge in [0, 0.05) is 24.3 Å². The van der Waals surface area contributed by atoms with Crippen molar-refractivity contribution in [2.75, 3.05) is 11.4 Å². The van der Waals surface area contributed by atoms with Crippen LogP contribution < -0.4 is 10.6 Å². The molecule has 2 nitrogen and oxygen atoms in total. The van der Waals surface area contributed by atoms with Crippen molar-refractivity contribution < 1.29 is 0 Å². The average Bonchev–Trinajstić information content (AvgIpc) is 2.44. The van der Waals surface area contributed by atoms with Crippen LogP contribution in [0.2, 0.25) is 0 Å². The topological polar surface area (TPSA) is 29.3 Å². The standard InChI is InChI=1S/C17H26N2/c1-13-10-11-14-6-3-5-9-17(14)19(13)12-15-7-2-4-8-16(15)18/h3,5-6,9,13,15-16H,2,4,7-8,10-12,18H2,1H3. The molecule has 0 bridgehead atoms. The maximum Gasteiger partial charge on any atom is 0.0401 e. The van der Waals surface area contributed by atoms with Gasteiger partial charge in [-0.25, -0.2) is 0 Å². The molecule has 104 valence electrons. The number of benzene rings is 1. The fourth-order valence-electron chi connectivity index (χ4n) is 3.75. The first-order valence-corrected chi connectivity index (χ1v) is 7.86. The van der Waals surface area contributed by atoms with E-state index in [0.29, 0.717) is 18.0 Å². The Hall–Kier alpha value is -1.02. The minimum Gasteiger partial charge on any atom is -0.368 e. The van der Waals surface area contributed by atoms with Crippen molar-refractivity contribution in [2.45, 2.75) is 57.5 Å². The number of para-hydroxylation sites is 1. The molecule has 1 saturated carbocycles. The average molecular weight is 258 g/mol. The highest BCUT2D eigenvalue weighted by molar-refractivity contribution is 5.56. The van der Waals surface area contributed by atoms with Gasteiger partial charge in [0.2, 0.25) is 0 Å². The van der Waals surface area contributed by atoms with Gasteiger partial charge < -0.3 is 10.6 Å². The highest BCUT2D eigenvalue weighted by atomic mass is 15.2. The predicted molar refractivity (Wildman–Crippen MR) is 81.5 cm³/mol. The van der Waals surface area contributed by atoms with Gasteiger partial charge >= 0.3 is 0 Å². The number of aryl methyl sites for hydroxylation is 1. The monoisotopic (exact) mass is 258 g/mol. The molecular weight excluding hydrogens is 232 g/mol. The summed E-state index contributed by atoms with van der Waals surface area (Å²) in [6.07, 6.45) is 7.72. The number of rotatable bonds is 2. The molecule has 19 heavy (non-hydrogen) atoms. The molecule has 2 N–H and O–H groups in total. The third-order valence-corrected chi connectivity index (χ3v) is 5.06. The zero-order chi connectivity index (χ0) is 13.2. The molecule has 2 aliphatic rings. The van der Waals surface area contributed by atoms with E-state index in [1.807, 2.05) is 0 Å². The number of hydrogen-bond donors (Lipinski definition) is 1. The smallest absolute Gasteiger partial charge is 0.0401 e. The fraction of sp³-hybridized carbons (Fsp3) is 0.647. The summed E-state index contributed by atoms with van der Waals surface area (Å²) < 4.78 is 0. The van der Waals surface area contributed by atoms with Gasteiger partial charge in [0.25, 0.3) is 0 Å². The fourth-order valence-corrected chi connectivity index (χ4v) is 3.75. The summed E-state index contributed by atoms with van der Waals surface area (Å²) in [5.41, 5.74) is 9.31. The van der Waals surface area contributed by atoms with Crippen LogP contribution in [-0.2, 0) is 6.42 Å². The van der Waals surface area contributed by atoms with Gasteiger partial charge in [0.05, 0.1) is 0 Å². The van der Waals surface area contributed by atoms with E-state index in [-0.39, 0.29) is 0 Å². The number of nitrogens with zero attached hydrogens (tertiary/aromatic N) is 1. The van der Waals surface area contributed by atoms with Crippen molar-refractivity contribution >= 4 is 5.69 Å². The lowest BCUT2D eigenvalue weighted by Gasteiger charge is -2.41. The number of anilines is 1. The van der Waals surface area contributed by atoms with Crippen LogP contribution >= 0.6 is 0 Å². The van der Waals surface area contributed by atoms with Crippen molar-refractivity contribution in [3.05, 3.63) is 29.8 Å². The van der Waals surface area contributed by atoms with Crippen molar-refractivity contribution in [2.24, 2.45) is 11.7 Å². The molecule has 0 radical (unpaired) electrons. The quantitative estimate of drug-likeness (QED) is 0.881. The van der Waals surface area contributed by atoms with Gasteiger partial charge in [-0.3, -0.25) is 0 Å². The summed E-state index contributed by atoms with van der Waals surface area (Å²) in [7, 11) is 0. The van der Waals surface area contributed by atoms with Crippen molar-refractivity contribution in [1.29, 1.82) is 0 Å². The molecule has 1 heterocycles. The zero-order valence-electron chi connectivity index (χ0n) is 12.0. The van der Waals surface area contributed by atoms with Crippen LogP contribution in [-0.4, -0.2) is 18.6 Å². The Balaban J connectivity index is 1.79. The second-order valence-electron chi connectivity index (χ2n) is 6.38. The van der Waals surface area contributed by atoms with Crippen LogP contribution in [0.25, 0.3) is 0 Å². The molecule has 1 aromatic rings. The first-order valence-electron chi connectivity index (χ1n) is 7.86. The van der Waals surface area contributed by atoms with E-state index in [0.717, 1.165) is 6.54 Å². The van der Waals surface area contributed by atoms with Gasteiger partial charge in [-0.05, 0) is 50.2 Å². The third-order valence-electron chi connectivity index (χ3n) is 5.06. The summed E-state index contributed by atoms with van der Waals surface area (Å²) in [6, 6.07) is 9.98. The van der Waals surface area contributed by atoms with E-state index in [1.54, 1.807) is 0 Å². The molecule has 1 aromatic carbocycles. The van der Waals surface area contributed by atoms with Gasteiger partial charge in [-0.1, -0.05) is 31.0 Å². The minimum atomic E-state index is 0.412. The Morgan fingerprint density at radius 1 is 1.16 bits per heavy atom. The Morgan fingerprint density at radius 3 is 2.79 bits per heavy atom. The van der Waals surface area contributed by atoms with E-state index in [9.17, 15) is 0 Å². The maximum absolute atomic E-state index is 6.33. The van der Waals surface area contributed by atoms with E-state index in [1.165, 1.54) is 49.8 Å². The summed E-state index contributed by atoms with van der Waals surface area (Å²) in [5.74, 6) is 0.683. The highest BCUT2D eigenvalue weighted by Crippen LogP contribution is 2.33. The summed E-state index contributed by atoms with van der Waals surface area (Å²) >= 11 is 0. The third kappa shape index (κ3) is 2.64. The number of fused-ring (bicyclic) bond motifs is 1. The molecule has 3 atom stereocenters. The first kappa shape index (κ1) is 13.0. The summed E-state index contributed by atoms with van der Waals surface area (Å²) in [6.45, 7) is 3.52. The molecule has 1 fully saturated rings. The largest absolute Gasteiger partial charge is 0.368 e. The van der Waals surface area contributed by atoms with E-state index in [2.05, 4.69) is 36.1 Å². The van der Waals surface area contributed by atoms with Gasteiger partial charge in [0.1, 0.15) is 0 Å². The molecule has 1 aliphatic heterocycles. The second kappa shape index (κ2) is 5.54. The number of nitrogens with two attached hydrogens (primary N) is 1. The molecular formula is C17H26N2. The van der Waals surface area contributed by atoms with E-state index in [4.69, 9.17) is 5.73 Å². The van der Waals surface area contributed by atoms with Gasteiger partial charge in [0.15, 0.2) is 0 Å². The maximum atomic E-state index is 6.33. The van der Waals surface area contributed by atoms with Gasteiger partial charge in [-0.2, -0.15) is 0 Å². The van der Waals surface area contributed by atoms with Gasteiger partial charge in [-0.15, -0.1) is 0 Å². The van der Waals surface area contributed by atoms with Crippen molar-refractivity contribution in [3.63, 3.8) is 0 Å². The lowest BCUT2D eigenvalue weighted by Crippen LogP contribution is -2.46. The van der Waals surface area contributed by atoms with E-state index >= 15 is 0 Å². The Labute approximate surface area is 117 Å². The van der Waals surface area contributed by atoms with Crippen LogP contribution in [0.15, 0.2) is 24.3 Å².